The van der Waals surface area contributed by atoms with Crippen molar-refractivity contribution in [2.45, 2.75) is 67.7 Å². The van der Waals surface area contributed by atoms with Gasteiger partial charge in [-0.2, -0.15) is 0 Å². The smallest absolute Gasteiger partial charge is 0.247 e. The first-order valence-electron chi connectivity index (χ1n) is 15.4. The van der Waals surface area contributed by atoms with Gasteiger partial charge in [-0.05, 0) is 43.9 Å². The summed E-state index contributed by atoms with van der Waals surface area (Å²) >= 11 is 1.65. The van der Waals surface area contributed by atoms with Crippen molar-refractivity contribution in [1.29, 1.82) is 0 Å². The van der Waals surface area contributed by atoms with Crippen molar-refractivity contribution in [3.05, 3.63) is 91.5 Å². The molecule has 0 radical (unpaired) electrons. The second kappa shape index (κ2) is 13.1. The van der Waals surface area contributed by atoms with E-state index in [0.717, 1.165) is 30.5 Å². The fourth-order valence-corrected chi connectivity index (χ4v) is 9.81. The van der Waals surface area contributed by atoms with Gasteiger partial charge in [-0.25, -0.2) is 0 Å². The molecule has 3 heterocycles. The average Bonchev–Trinajstić information content (AvgIpc) is 3.67. The van der Waals surface area contributed by atoms with Gasteiger partial charge in [-0.3, -0.25) is 14.4 Å². The van der Waals surface area contributed by atoms with E-state index in [2.05, 4.69) is 20.1 Å². The molecule has 1 spiro atoms. The van der Waals surface area contributed by atoms with Crippen LogP contribution in [0, 0.1) is 11.8 Å². The van der Waals surface area contributed by atoms with Gasteiger partial charge in [0.2, 0.25) is 17.7 Å². The number of rotatable bonds is 13. The highest BCUT2D eigenvalue weighted by Crippen LogP contribution is 2.67. The largest absolute Gasteiger partial charge is 0.394 e. The number of carbonyl (C=O) groups is 3. The lowest BCUT2D eigenvalue weighted by molar-refractivity contribution is -0.146. The predicted octanol–water partition coefficient (Wildman–Crippen LogP) is 5.23. The highest BCUT2D eigenvalue weighted by Gasteiger charge is 2.74. The van der Waals surface area contributed by atoms with Gasteiger partial charge in [0.25, 0.3) is 0 Å². The highest BCUT2D eigenvalue weighted by molar-refractivity contribution is 8.02. The van der Waals surface area contributed by atoms with Crippen LogP contribution in [0.25, 0.3) is 0 Å². The van der Waals surface area contributed by atoms with Crippen molar-refractivity contribution in [2.75, 3.05) is 24.6 Å². The van der Waals surface area contributed by atoms with Gasteiger partial charge in [0, 0.05) is 30.1 Å². The molecule has 3 aliphatic rings. The molecule has 1 N–H and O–H groups in total. The summed E-state index contributed by atoms with van der Waals surface area (Å²) < 4.78 is -0.761. The maximum Gasteiger partial charge on any atom is 0.247 e. The fraction of sp³-hybridized carbons (Fsp3) is 0.457. The van der Waals surface area contributed by atoms with E-state index in [4.69, 9.17) is 0 Å². The molecule has 228 valence electrons. The molecule has 0 saturated carbocycles. The molecule has 2 aromatic rings. The summed E-state index contributed by atoms with van der Waals surface area (Å²) in [5.41, 5.74) is 1.52. The lowest BCUT2D eigenvalue weighted by Crippen LogP contribution is -2.57. The number of carbonyl (C=O) groups excluding carboxylic acids is 3. The maximum atomic E-state index is 14.8. The number of likely N-dealkylation sites (tertiary alicyclic amines) is 1. The van der Waals surface area contributed by atoms with Crippen LogP contribution in [0.15, 0.2) is 86.0 Å². The summed E-state index contributed by atoms with van der Waals surface area (Å²) in [6.45, 7) is 12.3. The van der Waals surface area contributed by atoms with Crippen LogP contribution in [0.5, 0.6) is 0 Å². The molecule has 5 rings (SSSR count). The summed E-state index contributed by atoms with van der Waals surface area (Å²) in [5.74, 6) is -1.71. The van der Waals surface area contributed by atoms with Gasteiger partial charge in [0.05, 0.1) is 29.2 Å². The number of aliphatic hydroxyl groups excluding tert-OH is 1. The van der Waals surface area contributed by atoms with Crippen molar-refractivity contribution < 1.29 is 19.5 Å². The number of hydrogen-bond donors (Lipinski definition) is 1. The van der Waals surface area contributed by atoms with E-state index in [9.17, 15) is 19.5 Å². The number of hydrogen-bond acceptors (Lipinski definition) is 5. The first-order valence-corrected chi connectivity index (χ1v) is 16.3. The van der Waals surface area contributed by atoms with Crippen LogP contribution in [-0.4, -0.2) is 74.4 Å². The van der Waals surface area contributed by atoms with E-state index < -0.39 is 28.7 Å². The third-order valence-corrected chi connectivity index (χ3v) is 11.4. The quantitative estimate of drug-likeness (QED) is 0.318. The topological polar surface area (TPSA) is 81.2 Å². The van der Waals surface area contributed by atoms with Crippen LogP contribution in [0.2, 0.25) is 0 Å². The first-order chi connectivity index (χ1) is 20.8. The van der Waals surface area contributed by atoms with Crippen molar-refractivity contribution in [2.24, 2.45) is 11.8 Å². The van der Waals surface area contributed by atoms with Crippen molar-refractivity contribution in [3.63, 3.8) is 0 Å². The number of anilines is 1. The standard InChI is InChI=1S/C35H43N3O4S/c1-5-14-24(4)36(21-6-2)34(42)31-35-20-19-28(43-35)29(32(40)37(22-7-3)26-17-12-9-13-18-26)30(35)33(41)38(31)27(23-39)25-15-10-8-11-16-25/h6-13,15-18,24,27-31,39H,2-3,5,14,19-23H2,1,4H3/t24?,27-,28+,29-,30+,31?,35?/m1/s1. The zero-order chi connectivity index (χ0) is 30.7. The molecule has 8 heteroatoms. The number of amides is 3. The Morgan fingerprint density at radius 1 is 1.07 bits per heavy atom. The molecular formula is C35H43N3O4S. The molecule has 3 saturated heterocycles. The Kier molecular flexibility index (Phi) is 9.47. The summed E-state index contributed by atoms with van der Waals surface area (Å²) in [7, 11) is 0. The van der Waals surface area contributed by atoms with Crippen LogP contribution < -0.4 is 4.90 Å². The Hall–Kier alpha value is -3.36. The minimum absolute atomic E-state index is 0.0469. The van der Waals surface area contributed by atoms with Gasteiger partial charge < -0.3 is 19.8 Å². The van der Waals surface area contributed by atoms with Crippen molar-refractivity contribution in [1.82, 2.24) is 9.80 Å². The van der Waals surface area contributed by atoms with Crippen LogP contribution in [0.3, 0.4) is 0 Å². The molecule has 43 heavy (non-hydrogen) atoms. The Morgan fingerprint density at radius 3 is 2.33 bits per heavy atom. The fourth-order valence-electron chi connectivity index (χ4n) is 7.61. The Labute approximate surface area is 259 Å². The predicted molar refractivity (Wildman–Crippen MR) is 172 cm³/mol. The van der Waals surface area contributed by atoms with Crippen LogP contribution in [-0.2, 0) is 14.4 Å². The van der Waals surface area contributed by atoms with E-state index in [1.807, 2.05) is 72.5 Å². The summed E-state index contributed by atoms with van der Waals surface area (Å²) in [5, 5.41) is 10.7. The molecule has 3 aliphatic heterocycles. The van der Waals surface area contributed by atoms with Gasteiger partial charge in [0.15, 0.2) is 0 Å². The number of benzene rings is 2. The van der Waals surface area contributed by atoms with Gasteiger partial charge in [-0.15, -0.1) is 24.9 Å². The molecule has 3 unspecified atom stereocenters. The SMILES string of the molecule is C=CCN(C(=O)[C@@H]1[C@@H]2CCC3(S2)C(C(=O)N(CC=C)C(C)CCC)N([C@H](CO)c2ccccc2)C(=O)[C@H]13)c1ccccc1. The number of fused-ring (bicyclic) bond motifs is 1. The van der Waals surface area contributed by atoms with E-state index in [-0.39, 0.29) is 35.6 Å². The van der Waals surface area contributed by atoms with E-state index in [1.165, 1.54) is 0 Å². The first kappa shape index (κ1) is 31.1. The van der Waals surface area contributed by atoms with E-state index >= 15 is 0 Å². The van der Waals surface area contributed by atoms with Crippen molar-refractivity contribution >= 4 is 35.2 Å². The van der Waals surface area contributed by atoms with Crippen LogP contribution in [0.1, 0.15) is 51.1 Å². The third-order valence-electron chi connectivity index (χ3n) is 9.44. The number of thioether (sulfide) groups is 1. The highest BCUT2D eigenvalue weighted by atomic mass is 32.2. The Morgan fingerprint density at radius 2 is 1.72 bits per heavy atom. The molecule has 3 amide bonds. The third kappa shape index (κ3) is 5.33. The molecular weight excluding hydrogens is 558 g/mol. The number of nitrogens with zero attached hydrogens (tertiary/aromatic N) is 3. The lowest BCUT2D eigenvalue weighted by Gasteiger charge is -2.41. The molecule has 7 nitrogen and oxygen atoms in total. The molecule has 0 aliphatic carbocycles. The molecule has 2 aromatic carbocycles. The molecule has 2 bridgehead atoms. The van der Waals surface area contributed by atoms with E-state index in [1.54, 1.807) is 33.7 Å². The minimum Gasteiger partial charge on any atom is -0.394 e. The second-order valence-electron chi connectivity index (χ2n) is 11.9. The summed E-state index contributed by atoms with van der Waals surface area (Å²) in [6.07, 6.45) is 6.59. The Balaban J connectivity index is 1.62. The minimum atomic E-state index is -0.806. The molecule has 0 aromatic heterocycles. The maximum absolute atomic E-state index is 14.8. The number of para-hydroxylation sites is 1. The molecule has 3 fully saturated rings. The van der Waals surface area contributed by atoms with Gasteiger partial charge >= 0.3 is 0 Å². The van der Waals surface area contributed by atoms with E-state index in [0.29, 0.717) is 19.5 Å². The zero-order valence-electron chi connectivity index (χ0n) is 25.2. The van der Waals surface area contributed by atoms with Crippen LogP contribution >= 0.6 is 11.8 Å². The summed E-state index contributed by atoms with van der Waals surface area (Å²) in [6, 6.07) is 17.3. The van der Waals surface area contributed by atoms with Crippen molar-refractivity contribution in [3.8, 4) is 0 Å². The van der Waals surface area contributed by atoms with Gasteiger partial charge in [0.1, 0.15) is 6.04 Å². The zero-order valence-corrected chi connectivity index (χ0v) is 26.0. The van der Waals surface area contributed by atoms with Crippen LogP contribution in [0.4, 0.5) is 5.69 Å². The lowest BCUT2D eigenvalue weighted by atomic mass is 9.70. The number of aliphatic hydroxyl groups is 1. The average molecular weight is 602 g/mol. The normalized spacial score (nSPS) is 27.0. The molecule has 7 atom stereocenters. The summed E-state index contributed by atoms with van der Waals surface area (Å²) in [4.78, 5) is 49.3. The van der Waals surface area contributed by atoms with Gasteiger partial charge in [-0.1, -0.05) is 74.0 Å². The monoisotopic (exact) mass is 601 g/mol. The Bertz CT molecular complexity index is 1340. The second-order valence-corrected chi connectivity index (χ2v) is 13.5.